The van der Waals surface area contributed by atoms with E-state index in [9.17, 15) is 9.59 Å². The standard InChI is InChI=1S/C24H28N2O2/c1-2-25(19-21-11-7-4-8-12-21)24(28)22-15-17-26(18-16-22)23(27)14-13-20-9-5-3-6-10-20/h3-14,22H,2,15-19H2,1H3/b14-13+. The molecule has 2 amide bonds. The van der Waals surface area contributed by atoms with Crippen LogP contribution in [-0.4, -0.2) is 41.2 Å². The average Bonchev–Trinajstić information content (AvgIpc) is 2.77. The fourth-order valence-electron chi connectivity index (χ4n) is 3.59. The van der Waals surface area contributed by atoms with Crippen molar-refractivity contribution in [3.05, 3.63) is 77.9 Å². The number of rotatable bonds is 6. The van der Waals surface area contributed by atoms with Crippen molar-refractivity contribution in [2.24, 2.45) is 5.92 Å². The first-order chi connectivity index (χ1) is 13.7. The summed E-state index contributed by atoms with van der Waals surface area (Å²) >= 11 is 0. The van der Waals surface area contributed by atoms with Crippen molar-refractivity contribution < 1.29 is 9.59 Å². The molecule has 0 radical (unpaired) electrons. The average molecular weight is 377 g/mol. The lowest BCUT2D eigenvalue weighted by atomic mass is 9.95. The molecule has 0 atom stereocenters. The number of benzene rings is 2. The maximum absolute atomic E-state index is 12.9. The minimum Gasteiger partial charge on any atom is -0.339 e. The van der Waals surface area contributed by atoms with Gasteiger partial charge in [-0.25, -0.2) is 0 Å². The first-order valence-electron chi connectivity index (χ1n) is 10.0. The van der Waals surface area contributed by atoms with E-state index < -0.39 is 0 Å². The number of nitrogens with zero attached hydrogens (tertiary/aromatic N) is 2. The molecule has 0 N–H and O–H groups in total. The Labute approximate surface area is 167 Å². The highest BCUT2D eigenvalue weighted by atomic mass is 16.2. The van der Waals surface area contributed by atoms with Crippen molar-refractivity contribution >= 4 is 17.9 Å². The summed E-state index contributed by atoms with van der Waals surface area (Å²) in [7, 11) is 0. The lowest BCUT2D eigenvalue weighted by Gasteiger charge is -2.33. The van der Waals surface area contributed by atoms with E-state index in [2.05, 4.69) is 12.1 Å². The number of piperidine rings is 1. The molecular weight excluding hydrogens is 348 g/mol. The summed E-state index contributed by atoms with van der Waals surface area (Å²) in [6.45, 7) is 4.64. The molecule has 28 heavy (non-hydrogen) atoms. The third kappa shape index (κ3) is 5.32. The third-order valence-electron chi connectivity index (χ3n) is 5.28. The largest absolute Gasteiger partial charge is 0.339 e. The fraction of sp³-hybridized carbons (Fsp3) is 0.333. The van der Waals surface area contributed by atoms with Crippen molar-refractivity contribution in [2.45, 2.75) is 26.3 Å². The number of carbonyl (C=O) groups excluding carboxylic acids is 2. The molecular formula is C24H28N2O2. The normalized spacial score (nSPS) is 15.0. The number of carbonyl (C=O) groups is 2. The van der Waals surface area contributed by atoms with E-state index in [0.717, 1.165) is 24.0 Å². The molecule has 2 aromatic carbocycles. The Kier molecular flexibility index (Phi) is 7.01. The zero-order valence-corrected chi connectivity index (χ0v) is 16.5. The third-order valence-corrected chi connectivity index (χ3v) is 5.28. The van der Waals surface area contributed by atoms with Crippen LogP contribution in [0.15, 0.2) is 66.7 Å². The number of hydrogen-bond acceptors (Lipinski definition) is 2. The Bertz CT molecular complexity index is 794. The molecule has 1 saturated heterocycles. The molecule has 0 saturated carbocycles. The van der Waals surface area contributed by atoms with Gasteiger partial charge in [-0.05, 0) is 37.0 Å². The number of amides is 2. The summed E-state index contributed by atoms with van der Waals surface area (Å²) in [6, 6.07) is 19.9. The Balaban J connectivity index is 1.51. The van der Waals surface area contributed by atoms with Gasteiger partial charge < -0.3 is 9.80 Å². The van der Waals surface area contributed by atoms with Crippen LogP contribution in [0, 0.1) is 5.92 Å². The smallest absolute Gasteiger partial charge is 0.246 e. The summed E-state index contributed by atoms with van der Waals surface area (Å²) in [4.78, 5) is 29.1. The fourth-order valence-corrected chi connectivity index (χ4v) is 3.59. The second-order valence-electron chi connectivity index (χ2n) is 7.18. The van der Waals surface area contributed by atoms with Crippen molar-refractivity contribution in [1.29, 1.82) is 0 Å². The zero-order valence-electron chi connectivity index (χ0n) is 16.5. The van der Waals surface area contributed by atoms with Crippen LogP contribution in [-0.2, 0) is 16.1 Å². The van der Waals surface area contributed by atoms with E-state index in [1.54, 1.807) is 6.08 Å². The van der Waals surface area contributed by atoms with E-state index in [1.165, 1.54) is 0 Å². The van der Waals surface area contributed by atoms with Crippen LogP contribution < -0.4 is 0 Å². The predicted molar refractivity (Wildman–Crippen MR) is 112 cm³/mol. The Hall–Kier alpha value is -2.88. The van der Waals surface area contributed by atoms with Gasteiger partial charge >= 0.3 is 0 Å². The van der Waals surface area contributed by atoms with Crippen LogP contribution in [0.2, 0.25) is 0 Å². The summed E-state index contributed by atoms with van der Waals surface area (Å²) in [5.41, 5.74) is 2.16. The van der Waals surface area contributed by atoms with Gasteiger partial charge in [0.05, 0.1) is 0 Å². The van der Waals surface area contributed by atoms with E-state index in [-0.39, 0.29) is 17.7 Å². The second-order valence-corrected chi connectivity index (χ2v) is 7.18. The van der Waals surface area contributed by atoms with E-state index in [4.69, 9.17) is 0 Å². The molecule has 0 spiro atoms. The molecule has 1 aliphatic rings. The van der Waals surface area contributed by atoms with Crippen LogP contribution in [0.5, 0.6) is 0 Å². The molecule has 0 aromatic heterocycles. The molecule has 3 rings (SSSR count). The van der Waals surface area contributed by atoms with Crippen LogP contribution in [0.25, 0.3) is 6.08 Å². The van der Waals surface area contributed by atoms with Gasteiger partial charge in [-0.15, -0.1) is 0 Å². The van der Waals surface area contributed by atoms with Crippen molar-refractivity contribution in [3.63, 3.8) is 0 Å². The number of hydrogen-bond donors (Lipinski definition) is 0. The van der Waals surface area contributed by atoms with Crippen molar-refractivity contribution in [2.75, 3.05) is 19.6 Å². The van der Waals surface area contributed by atoms with Gasteiger partial charge in [0.2, 0.25) is 11.8 Å². The molecule has 1 aliphatic heterocycles. The van der Waals surface area contributed by atoms with Crippen LogP contribution >= 0.6 is 0 Å². The minimum atomic E-state index is 0.00538. The van der Waals surface area contributed by atoms with E-state index in [0.29, 0.717) is 26.2 Å². The van der Waals surface area contributed by atoms with Gasteiger partial charge in [-0.2, -0.15) is 0 Å². The summed E-state index contributed by atoms with van der Waals surface area (Å²) in [5, 5.41) is 0. The molecule has 146 valence electrons. The highest BCUT2D eigenvalue weighted by Gasteiger charge is 2.29. The van der Waals surface area contributed by atoms with Crippen molar-refractivity contribution in [3.8, 4) is 0 Å². The van der Waals surface area contributed by atoms with Crippen LogP contribution in [0.3, 0.4) is 0 Å². The molecule has 1 heterocycles. The molecule has 0 unspecified atom stereocenters. The summed E-state index contributed by atoms with van der Waals surface area (Å²) < 4.78 is 0. The van der Waals surface area contributed by atoms with Crippen LogP contribution in [0.1, 0.15) is 30.9 Å². The monoisotopic (exact) mass is 376 g/mol. The Morgan fingerprint density at radius 3 is 2.21 bits per heavy atom. The first-order valence-corrected chi connectivity index (χ1v) is 10.0. The topological polar surface area (TPSA) is 40.6 Å². The molecule has 0 bridgehead atoms. The molecule has 0 aliphatic carbocycles. The predicted octanol–water partition coefficient (Wildman–Crippen LogP) is 3.99. The number of likely N-dealkylation sites (tertiary alicyclic amines) is 1. The molecule has 4 heteroatoms. The molecule has 2 aromatic rings. The van der Waals surface area contributed by atoms with Gasteiger partial charge in [0.15, 0.2) is 0 Å². The summed E-state index contributed by atoms with van der Waals surface area (Å²) in [5.74, 6) is 0.232. The van der Waals surface area contributed by atoms with Crippen LogP contribution in [0.4, 0.5) is 0 Å². The highest BCUT2D eigenvalue weighted by Crippen LogP contribution is 2.21. The molecule has 4 nitrogen and oxygen atoms in total. The van der Waals surface area contributed by atoms with E-state index >= 15 is 0 Å². The van der Waals surface area contributed by atoms with Crippen molar-refractivity contribution in [1.82, 2.24) is 9.80 Å². The van der Waals surface area contributed by atoms with Gasteiger partial charge in [-0.1, -0.05) is 60.7 Å². The lowest BCUT2D eigenvalue weighted by molar-refractivity contribution is -0.139. The van der Waals surface area contributed by atoms with E-state index in [1.807, 2.05) is 71.3 Å². The lowest BCUT2D eigenvalue weighted by Crippen LogP contribution is -2.43. The highest BCUT2D eigenvalue weighted by molar-refractivity contribution is 5.92. The van der Waals surface area contributed by atoms with Gasteiger partial charge in [0, 0.05) is 38.2 Å². The minimum absolute atomic E-state index is 0.00538. The Morgan fingerprint density at radius 2 is 1.61 bits per heavy atom. The van der Waals surface area contributed by atoms with Gasteiger partial charge in [0.25, 0.3) is 0 Å². The first kappa shape index (κ1) is 19.9. The molecule has 1 fully saturated rings. The van der Waals surface area contributed by atoms with Gasteiger partial charge in [0.1, 0.15) is 0 Å². The SMILES string of the molecule is CCN(Cc1ccccc1)C(=O)C1CCN(C(=O)/C=C/c2ccccc2)CC1. The quantitative estimate of drug-likeness (QED) is 0.716. The second kappa shape index (κ2) is 9.88. The Morgan fingerprint density at radius 1 is 1.00 bits per heavy atom. The van der Waals surface area contributed by atoms with Gasteiger partial charge in [-0.3, -0.25) is 9.59 Å². The maximum atomic E-state index is 12.9. The maximum Gasteiger partial charge on any atom is 0.246 e. The zero-order chi connectivity index (χ0) is 19.8. The summed E-state index contributed by atoms with van der Waals surface area (Å²) in [6.07, 6.45) is 4.94.